The van der Waals surface area contributed by atoms with E-state index in [1.165, 1.54) is 21.3 Å². The third kappa shape index (κ3) is 2.18. The van der Waals surface area contributed by atoms with Crippen molar-refractivity contribution in [2.75, 3.05) is 21.3 Å². The van der Waals surface area contributed by atoms with E-state index in [-0.39, 0.29) is 0 Å². The standard InChI is InChI=1S/C11H14N2O3/c1-14-9-4-7(8(13)6-12)5-10(15-2)11(9)16-3/h4-5,8H,13H2,1-3H3/t8-/m1/s1. The molecule has 0 fully saturated rings. The van der Waals surface area contributed by atoms with Gasteiger partial charge in [0.05, 0.1) is 27.4 Å². The molecular formula is C11H14N2O3. The first-order valence-corrected chi connectivity index (χ1v) is 4.63. The minimum Gasteiger partial charge on any atom is -0.493 e. The molecule has 0 saturated heterocycles. The Labute approximate surface area is 94.3 Å². The Hall–Kier alpha value is -1.93. The first-order valence-electron chi connectivity index (χ1n) is 4.63. The minimum atomic E-state index is -0.714. The third-order valence-electron chi connectivity index (χ3n) is 2.19. The number of methoxy groups -OCH3 is 3. The molecule has 0 aliphatic heterocycles. The van der Waals surface area contributed by atoms with Crippen molar-refractivity contribution in [1.29, 1.82) is 5.26 Å². The van der Waals surface area contributed by atoms with Crippen molar-refractivity contribution in [3.05, 3.63) is 17.7 Å². The summed E-state index contributed by atoms with van der Waals surface area (Å²) in [5.41, 5.74) is 6.24. The van der Waals surface area contributed by atoms with Gasteiger partial charge in [-0.15, -0.1) is 0 Å². The molecule has 5 nitrogen and oxygen atoms in total. The van der Waals surface area contributed by atoms with Gasteiger partial charge in [-0.25, -0.2) is 0 Å². The summed E-state index contributed by atoms with van der Waals surface area (Å²) < 4.78 is 15.4. The molecule has 0 amide bonds. The van der Waals surface area contributed by atoms with Crippen molar-refractivity contribution in [2.45, 2.75) is 6.04 Å². The van der Waals surface area contributed by atoms with Crippen LogP contribution in [0.1, 0.15) is 11.6 Å². The van der Waals surface area contributed by atoms with E-state index >= 15 is 0 Å². The molecule has 0 aromatic heterocycles. The van der Waals surface area contributed by atoms with Crippen molar-refractivity contribution in [2.24, 2.45) is 5.73 Å². The zero-order chi connectivity index (χ0) is 12.1. The van der Waals surface area contributed by atoms with Gasteiger partial charge in [0.2, 0.25) is 5.75 Å². The Morgan fingerprint density at radius 2 is 1.62 bits per heavy atom. The highest BCUT2D eigenvalue weighted by Crippen LogP contribution is 2.39. The Morgan fingerprint density at radius 1 is 1.12 bits per heavy atom. The molecule has 0 saturated carbocycles. The average Bonchev–Trinajstić information content (AvgIpc) is 2.35. The van der Waals surface area contributed by atoms with Gasteiger partial charge in [0, 0.05) is 0 Å². The Bertz CT molecular complexity index is 387. The highest BCUT2D eigenvalue weighted by atomic mass is 16.5. The van der Waals surface area contributed by atoms with Crippen LogP contribution in [0.3, 0.4) is 0 Å². The summed E-state index contributed by atoms with van der Waals surface area (Å²) in [4.78, 5) is 0. The van der Waals surface area contributed by atoms with Crippen LogP contribution in [0, 0.1) is 11.3 Å². The summed E-state index contributed by atoms with van der Waals surface area (Å²) in [7, 11) is 4.54. The van der Waals surface area contributed by atoms with Crippen molar-refractivity contribution >= 4 is 0 Å². The number of nitrogens with two attached hydrogens (primary N) is 1. The highest BCUT2D eigenvalue weighted by Gasteiger charge is 2.15. The fourth-order valence-corrected chi connectivity index (χ4v) is 1.36. The normalized spacial score (nSPS) is 11.4. The maximum absolute atomic E-state index is 8.75. The van der Waals surface area contributed by atoms with Crippen LogP contribution in [0.2, 0.25) is 0 Å². The lowest BCUT2D eigenvalue weighted by Gasteiger charge is -2.14. The number of ether oxygens (including phenoxy) is 3. The van der Waals surface area contributed by atoms with Gasteiger partial charge in [-0.1, -0.05) is 0 Å². The fourth-order valence-electron chi connectivity index (χ4n) is 1.36. The van der Waals surface area contributed by atoms with Crippen LogP contribution in [-0.4, -0.2) is 21.3 Å². The zero-order valence-electron chi connectivity index (χ0n) is 9.48. The predicted molar refractivity (Wildman–Crippen MR) is 58.6 cm³/mol. The van der Waals surface area contributed by atoms with Crippen molar-refractivity contribution < 1.29 is 14.2 Å². The van der Waals surface area contributed by atoms with Gasteiger partial charge in [0.15, 0.2) is 11.5 Å². The van der Waals surface area contributed by atoms with E-state index in [0.717, 1.165) is 0 Å². The highest BCUT2D eigenvalue weighted by molar-refractivity contribution is 5.54. The van der Waals surface area contributed by atoms with Crippen LogP contribution in [-0.2, 0) is 0 Å². The molecule has 0 bridgehead atoms. The molecule has 0 spiro atoms. The van der Waals surface area contributed by atoms with Gasteiger partial charge in [0.1, 0.15) is 6.04 Å². The van der Waals surface area contributed by atoms with Crippen LogP contribution in [0.5, 0.6) is 17.2 Å². The lowest BCUT2D eigenvalue weighted by atomic mass is 10.1. The number of hydrogen-bond donors (Lipinski definition) is 1. The average molecular weight is 222 g/mol. The fraction of sp³-hybridized carbons (Fsp3) is 0.364. The molecule has 5 heteroatoms. The van der Waals surface area contributed by atoms with Crippen molar-refractivity contribution in [1.82, 2.24) is 0 Å². The first kappa shape index (κ1) is 12.1. The summed E-state index contributed by atoms with van der Waals surface area (Å²) in [5.74, 6) is 1.46. The van der Waals surface area contributed by atoms with E-state index < -0.39 is 6.04 Å². The summed E-state index contributed by atoms with van der Waals surface area (Å²) in [6.07, 6.45) is 0. The number of nitriles is 1. The molecule has 16 heavy (non-hydrogen) atoms. The van der Waals surface area contributed by atoms with Gasteiger partial charge in [-0.05, 0) is 17.7 Å². The molecule has 1 aromatic carbocycles. The molecular weight excluding hydrogens is 208 g/mol. The second kappa shape index (κ2) is 5.24. The topological polar surface area (TPSA) is 77.5 Å². The van der Waals surface area contributed by atoms with Crippen molar-refractivity contribution in [3.8, 4) is 23.3 Å². The molecule has 0 unspecified atom stereocenters. The van der Waals surface area contributed by atoms with Gasteiger partial charge in [-0.3, -0.25) is 0 Å². The molecule has 0 aliphatic rings. The zero-order valence-corrected chi connectivity index (χ0v) is 9.48. The molecule has 1 rings (SSSR count). The SMILES string of the molecule is COc1cc([C@H](N)C#N)cc(OC)c1OC. The molecule has 0 heterocycles. The monoisotopic (exact) mass is 222 g/mol. The molecule has 0 aliphatic carbocycles. The minimum absolute atomic E-state index is 0.485. The van der Waals surface area contributed by atoms with E-state index in [9.17, 15) is 0 Å². The van der Waals surface area contributed by atoms with Crippen LogP contribution in [0.15, 0.2) is 12.1 Å². The Kier molecular flexibility index (Phi) is 3.97. The van der Waals surface area contributed by atoms with E-state index in [4.69, 9.17) is 25.2 Å². The predicted octanol–water partition coefficient (Wildman–Crippen LogP) is 1.24. The van der Waals surface area contributed by atoms with Crippen LogP contribution in [0.4, 0.5) is 0 Å². The van der Waals surface area contributed by atoms with Crippen LogP contribution < -0.4 is 19.9 Å². The van der Waals surface area contributed by atoms with E-state index in [2.05, 4.69) is 0 Å². The van der Waals surface area contributed by atoms with Crippen LogP contribution >= 0.6 is 0 Å². The second-order valence-electron chi connectivity index (χ2n) is 3.07. The molecule has 86 valence electrons. The Morgan fingerprint density at radius 3 is 1.94 bits per heavy atom. The van der Waals surface area contributed by atoms with Gasteiger partial charge in [-0.2, -0.15) is 5.26 Å². The van der Waals surface area contributed by atoms with Gasteiger partial charge < -0.3 is 19.9 Å². The number of benzene rings is 1. The quantitative estimate of drug-likeness (QED) is 0.829. The summed E-state index contributed by atoms with van der Waals surface area (Å²) in [6.45, 7) is 0. The lowest BCUT2D eigenvalue weighted by molar-refractivity contribution is 0.323. The summed E-state index contributed by atoms with van der Waals surface area (Å²) >= 11 is 0. The first-order chi connectivity index (χ1) is 7.67. The smallest absolute Gasteiger partial charge is 0.203 e. The number of rotatable bonds is 4. The van der Waals surface area contributed by atoms with E-state index in [1.807, 2.05) is 6.07 Å². The number of nitrogens with zero attached hydrogens (tertiary/aromatic N) is 1. The molecule has 0 radical (unpaired) electrons. The van der Waals surface area contributed by atoms with Crippen molar-refractivity contribution in [3.63, 3.8) is 0 Å². The molecule has 2 N–H and O–H groups in total. The summed E-state index contributed by atoms with van der Waals surface area (Å²) in [5, 5.41) is 8.75. The van der Waals surface area contributed by atoms with Gasteiger partial charge in [0.25, 0.3) is 0 Å². The second-order valence-corrected chi connectivity index (χ2v) is 3.07. The van der Waals surface area contributed by atoms with Crippen LogP contribution in [0.25, 0.3) is 0 Å². The summed E-state index contributed by atoms with van der Waals surface area (Å²) in [6, 6.07) is 4.56. The lowest BCUT2D eigenvalue weighted by Crippen LogP contribution is -2.08. The maximum Gasteiger partial charge on any atom is 0.203 e. The largest absolute Gasteiger partial charge is 0.493 e. The molecule has 1 aromatic rings. The van der Waals surface area contributed by atoms with E-state index in [0.29, 0.717) is 22.8 Å². The third-order valence-corrected chi connectivity index (χ3v) is 2.19. The maximum atomic E-state index is 8.75. The number of hydrogen-bond acceptors (Lipinski definition) is 5. The Balaban J connectivity index is 3.32. The van der Waals surface area contributed by atoms with Gasteiger partial charge >= 0.3 is 0 Å². The van der Waals surface area contributed by atoms with E-state index in [1.54, 1.807) is 12.1 Å². The molecule has 1 atom stereocenters.